The van der Waals surface area contributed by atoms with Gasteiger partial charge in [0.2, 0.25) is 5.91 Å². The second-order valence-electron chi connectivity index (χ2n) is 5.74. The fraction of sp³-hybridized carbons (Fsp3) is 0.533. The number of nitrogens with one attached hydrogen (secondary N) is 2. The van der Waals surface area contributed by atoms with Gasteiger partial charge in [-0.3, -0.25) is 4.79 Å². The summed E-state index contributed by atoms with van der Waals surface area (Å²) in [5.74, 6) is 0.654. The lowest BCUT2D eigenvalue weighted by molar-refractivity contribution is -0.128. The van der Waals surface area contributed by atoms with Crippen molar-refractivity contribution in [1.82, 2.24) is 5.32 Å². The summed E-state index contributed by atoms with van der Waals surface area (Å²) >= 11 is 0. The molecule has 112 valence electrons. The summed E-state index contributed by atoms with van der Waals surface area (Å²) in [6.07, 6.45) is 0.0647. The first-order valence-electron chi connectivity index (χ1n) is 6.78. The Morgan fingerprint density at radius 2 is 2.05 bits per heavy atom. The first-order chi connectivity index (χ1) is 9.26. The minimum Gasteiger partial charge on any atom is -0.489 e. The number of hydrogen-bond donors (Lipinski definition) is 3. The van der Waals surface area contributed by atoms with Crippen LogP contribution in [0.4, 0.5) is 11.4 Å². The van der Waals surface area contributed by atoms with Gasteiger partial charge in [-0.25, -0.2) is 0 Å². The van der Waals surface area contributed by atoms with Gasteiger partial charge in [-0.15, -0.1) is 0 Å². The fourth-order valence-electron chi connectivity index (χ4n) is 1.74. The Morgan fingerprint density at radius 1 is 1.40 bits per heavy atom. The molecule has 0 atom stereocenters. The molecule has 4 N–H and O–H groups in total. The van der Waals surface area contributed by atoms with Gasteiger partial charge < -0.3 is 21.1 Å². The van der Waals surface area contributed by atoms with E-state index >= 15 is 0 Å². The molecule has 1 rings (SSSR count). The molecule has 0 heterocycles. The van der Waals surface area contributed by atoms with Crippen LogP contribution in [0.5, 0.6) is 5.75 Å². The minimum atomic E-state index is -0.491. The Bertz CT molecular complexity index is 470. The summed E-state index contributed by atoms with van der Waals surface area (Å²) in [5.41, 5.74) is 6.87. The highest BCUT2D eigenvalue weighted by Crippen LogP contribution is 2.27. The largest absolute Gasteiger partial charge is 0.489 e. The number of carbonyl (C=O) groups is 1. The van der Waals surface area contributed by atoms with Gasteiger partial charge in [0.15, 0.2) is 0 Å². The predicted molar refractivity (Wildman–Crippen MR) is 83.0 cm³/mol. The Hall–Kier alpha value is -1.91. The van der Waals surface area contributed by atoms with Crippen LogP contribution in [0.3, 0.4) is 0 Å². The van der Waals surface area contributed by atoms with Crippen LogP contribution in [0, 0.1) is 5.41 Å². The Kier molecular flexibility index (Phi) is 5.25. The number of amides is 1. The van der Waals surface area contributed by atoms with Crippen LogP contribution in [0.15, 0.2) is 18.2 Å². The number of rotatable bonds is 6. The lowest BCUT2D eigenvalue weighted by Crippen LogP contribution is -2.39. The molecular formula is C15H25N3O2. The summed E-state index contributed by atoms with van der Waals surface area (Å²) in [5, 5.41) is 5.91. The molecule has 0 aromatic heterocycles. The molecule has 1 aromatic rings. The first-order valence-corrected chi connectivity index (χ1v) is 6.78. The standard InChI is InChI=1S/C15H25N3O2/c1-10(2)20-13-8-11(6-7-12(13)16)18-9-15(3,4)14(19)17-5/h6-8,10,18H,9,16H2,1-5H3,(H,17,19). The van der Waals surface area contributed by atoms with Gasteiger partial charge in [-0.05, 0) is 39.8 Å². The zero-order valence-electron chi connectivity index (χ0n) is 12.9. The van der Waals surface area contributed by atoms with Crippen molar-refractivity contribution in [2.24, 2.45) is 5.41 Å². The number of carbonyl (C=O) groups excluding carboxylic acids is 1. The average molecular weight is 279 g/mol. The number of hydrogen-bond acceptors (Lipinski definition) is 4. The molecule has 1 aromatic carbocycles. The van der Waals surface area contributed by atoms with Crippen molar-refractivity contribution in [2.45, 2.75) is 33.8 Å². The Labute approximate surface area is 120 Å². The van der Waals surface area contributed by atoms with Gasteiger partial charge in [-0.1, -0.05) is 0 Å². The lowest BCUT2D eigenvalue weighted by Gasteiger charge is -2.24. The molecule has 5 heteroatoms. The summed E-state index contributed by atoms with van der Waals surface area (Å²) in [7, 11) is 1.64. The Balaban J connectivity index is 2.76. The van der Waals surface area contributed by atoms with E-state index in [4.69, 9.17) is 10.5 Å². The molecule has 0 saturated heterocycles. The summed E-state index contributed by atoms with van der Waals surface area (Å²) in [6, 6.07) is 5.53. The number of benzene rings is 1. The SMILES string of the molecule is CNC(=O)C(C)(C)CNc1ccc(N)c(OC(C)C)c1. The van der Waals surface area contributed by atoms with Crippen LogP contribution in [-0.4, -0.2) is 25.6 Å². The molecule has 0 unspecified atom stereocenters. The van der Waals surface area contributed by atoms with Gasteiger partial charge in [0.05, 0.1) is 17.2 Å². The van der Waals surface area contributed by atoms with E-state index < -0.39 is 5.41 Å². The number of nitrogen functional groups attached to an aromatic ring is 1. The van der Waals surface area contributed by atoms with Crippen LogP contribution in [0.2, 0.25) is 0 Å². The second kappa shape index (κ2) is 6.50. The molecule has 0 aliphatic heterocycles. The monoisotopic (exact) mass is 279 g/mol. The summed E-state index contributed by atoms with van der Waals surface area (Å²) in [4.78, 5) is 11.7. The third kappa shape index (κ3) is 4.33. The van der Waals surface area contributed by atoms with Gasteiger partial charge in [-0.2, -0.15) is 0 Å². The molecule has 0 aliphatic carbocycles. The predicted octanol–water partition coefficient (Wildman–Crippen LogP) is 2.24. The average Bonchev–Trinajstić information content (AvgIpc) is 2.38. The number of anilines is 2. The molecule has 20 heavy (non-hydrogen) atoms. The van der Waals surface area contributed by atoms with Crippen molar-refractivity contribution in [3.8, 4) is 5.75 Å². The van der Waals surface area contributed by atoms with E-state index in [0.29, 0.717) is 18.0 Å². The molecule has 0 bridgehead atoms. The van der Waals surface area contributed by atoms with Crippen molar-refractivity contribution in [1.29, 1.82) is 0 Å². The molecule has 1 amide bonds. The maximum atomic E-state index is 11.7. The quantitative estimate of drug-likeness (QED) is 0.698. The zero-order valence-corrected chi connectivity index (χ0v) is 12.9. The fourth-order valence-corrected chi connectivity index (χ4v) is 1.74. The molecule has 0 aliphatic rings. The molecule has 0 saturated carbocycles. The van der Waals surface area contributed by atoms with E-state index in [1.54, 1.807) is 13.1 Å². The van der Waals surface area contributed by atoms with E-state index in [2.05, 4.69) is 10.6 Å². The van der Waals surface area contributed by atoms with Crippen molar-refractivity contribution in [2.75, 3.05) is 24.6 Å². The highest BCUT2D eigenvalue weighted by molar-refractivity contribution is 5.82. The normalized spacial score (nSPS) is 11.3. The third-order valence-corrected chi connectivity index (χ3v) is 2.95. The van der Waals surface area contributed by atoms with E-state index in [1.807, 2.05) is 39.8 Å². The molecule has 0 fully saturated rings. The van der Waals surface area contributed by atoms with Crippen LogP contribution < -0.4 is 21.1 Å². The molecule has 5 nitrogen and oxygen atoms in total. The highest BCUT2D eigenvalue weighted by atomic mass is 16.5. The minimum absolute atomic E-state index is 0.000834. The second-order valence-corrected chi connectivity index (χ2v) is 5.74. The van der Waals surface area contributed by atoms with Crippen molar-refractivity contribution in [3.63, 3.8) is 0 Å². The topological polar surface area (TPSA) is 76.4 Å². The molecule has 0 spiro atoms. The molecular weight excluding hydrogens is 254 g/mol. The van der Waals surface area contributed by atoms with E-state index in [0.717, 1.165) is 5.69 Å². The summed E-state index contributed by atoms with van der Waals surface area (Å²) < 4.78 is 5.64. The molecule has 0 radical (unpaired) electrons. The van der Waals surface area contributed by atoms with E-state index in [1.165, 1.54) is 0 Å². The zero-order chi connectivity index (χ0) is 15.3. The number of nitrogens with two attached hydrogens (primary N) is 1. The lowest BCUT2D eigenvalue weighted by atomic mass is 9.92. The maximum absolute atomic E-state index is 11.7. The van der Waals surface area contributed by atoms with Crippen molar-refractivity contribution in [3.05, 3.63) is 18.2 Å². The van der Waals surface area contributed by atoms with Gasteiger partial charge in [0.25, 0.3) is 0 Å². The van der Waals surface area contributed by atoms with Gasteiger partial charge >= 0.3 is 0 Å². The Morgan fingerprint density at radius 3 is 2.60 bits per heavy atom. The van der Waals surface area contributed by atoms with E-state index in [9.17, 15) is 4.79 Å². The maximum Gasteiger partial charge on any atom is 0.227 e. The van der Waals surface area contributed by atoms with Crippen LogP contribution >= 0.6 is 0 Å². The van der Waals surface area contributed by atoms with E-state index in [-0.39, 0.29) is 12.0 Å². The summed E-state index contributed by atoms with van der Waals surface area (Å²) in [6.45, 7) is 8.21. The smallest absolute Gasteiger partial charge is 0.227 e. The van der Waals surface area contributed by atoms with Crippen LogP contribution in [-0.2, 0) is 4.79 Å². The van der Waals surface area contributed by atoms with Crippen molar-refractivity contribution < 1.29 is 9.53 Å². The third-order valence-electron chi connectivity index (χ3n) is 2.95. The van der Waals surface area contributed by atoms with Gasteiger partial charge in [0.1, 0.15) is 5.75 Å². The van der Waals surface area contributed by atoms with Gasteiger partial charge in [0, 0.05) is 25.3 Å². The number of ether oxygens (including phenoxy) is 1. The first kappa shape index (κ1) is 16.1. The van der Waals surface area contributed by atoms with Crippen LogP contribution in [0.25, 0.3) is 0 Å². The van der Waals surface area contributed by atoms with Crippen LogP contribution in [0.1, 0.15) is 27.7 Å². The van der Waals surface area contributed by atoms with Crippen molar-refractivity contribution >= 4 is 17.3 Å². The highest BCUT2D eigenvalue weighted by Gasteiger charge is 2.26.